The molecule has 46 heavy (non-hydrogen) atoms. The fourth-order valence-electron chi connectivity index (χ4n) is 7.30. The summed E-state index contributed by atoms with van der Waals surface area (Å²) in [6, 6.07) is 25.3. The summed E-state index contributed by atoms with van der Waals surface area (Å²) in [7, 11) is 0. The van der Waals surface area contributed by atoms with Crippen molar-refractivity contribution in [2.24, 2.45) is 5.92 Å². The monoisotopic (exact) mass is 626 g/mol. The van der Waals surface area contributed by atoms with Crippen LogP contribution in [0.4, 0.5) is 4.79 Å². The van der Waals surface area contributed by atoms with Crippen molar-refractivity contribution in [3.8, 4) is 11.1 Å². The van der Waals surface area contributed by atoms with Crippen LogP contribution in [0, 0.1) is 5.92 Å². The molecule has 3 fully saturated rings. The maximum absolute atomic E-state index is 11.9. The lowest BCUT2D eigenvalue weighted by Crippen LogP contribution is -2.48. The zero-order chi connectivity index (χ0) is 31.9. The van der Waals surface area contributed by atoms with Gasteiger partial charge in [0, 0.05) is 43.7 Å². The zero-order valence-corrected chi connectivity index (χ0v) is 27.4. The van der Waals surface area contributed by atoms with Crippen LogP contribution in [-0.4, -0.2) is 72.4 Å². The molecule has 0 spiro atoms. The maximum atomic E-state index is 11.9. The highest BCUT2D eigenvalue weighted by molar-refractivity contribution is 5.74. The van der Waals surface area contributed by atoms with E-state index in [0.717, 1.165) is 53.0 Å². The summed E-state index contributed by atoms with van der Waals surface area (Å²) in [6.07, 6.45) is 4.50. The third-order valence-electron chi connectivity index (χ3n) is 9.91. The molecule has 0 aliphatic carbocycles. The Kier molecular flexibility index (Phi) is 11.0. The van der Waals surface area contributed by atoms with Crippen LogP contribution in [0.15, 0.2) is 72.8 Å². The molecule has 2 amide bonds. The molecule has 246 valence electrons. The number of hydrogen-bond donors (Lipinski definition) is 3. The molecule has 6 rings (SSSR count). The van der Waals surface area contributed by atoms with Gasteiger partial charge in [0.2, 0.25) is 0 Å². The predicted molar refractivity (Wildman–Crippen MR) is 181 cm³/mol. The molecular weight excluding hydrogens is 576 g/mol. The number of nitrogens with one attached hydrogen (secondary N) is 2. The number of aliphatic hydroxyl groups is 1. The first kappa shape index (κ1) is 32.7. The third-order valence-corrected chi connectivity index (χ3v) is 9.91. The van der Waals surface area contributed by atoms with E-state index in [4.69, 9.17) is 9.47 Å². The van der Waals surface area contributed by atoms with Crippen LogP contribution in [0.3, 0.4) is 0 Å². The van der Waals surface area contributed by atoms with E-state index >= 15 is 0 Å². The number of aliphatic hydroxyl groups excluding tert-OH is 1. The van der Waals surface area contributed by atoms with Gasteiger partial charge in [0.05, 0.1) is 18.8 Å². The van der Waals surface area contributed by atoms with Crippen LogP contribution in [0.1, 0.15) is 74.2 Å². The van der Waals surface area contributed by atoms with Crippen molar-refractivity contribution in [2.75, 3.05) is 39.3 Å². The average molecular weight is 627 g/mol. The second-order valence-electron chi connectivity index (χ2n) is 13.2. The van der Waals surface area contributed by atoms with Gasteiger partial charge in [-0.15, -0.1) is 0 Å². The van der Waals surface area contributed by atoms with Gasteiger partial charge >= 0.3 is 6.03 Å². The average Bonchev–Trinajstić information content (AvgIpc) is 3.77. The predicted octanol–water partition coefficient (Wildman–Crippen LogP) is 6.02. The highest BCUT2D eigenvalue weighted by Gasteiger charge is 2.41. The van der Waals surface area contributed by atoms with Gasteiger partial charge in [0.1, 0.15) is 0 Å². The molecule has 0 bridgehead atoms. The Bertz CT molecular complexity index is 1430. The van der Waals surface area contributed by atoms with Gasteiger partial charge in [-0.2, -0.15) is 0 Å². The van der Waals surface area contributed by atoms with Crippen molar-refractivity contribution in [1.29, 1.82) is 0 Å². The van der Waals surface area contributed by atoms with Gasteiger partial charge in [-0.3, -0.25) is 4.90 Å². The zero-order valence-electron chi connectivity index (χ0n) is 27.4. The van der Waals surface area contributed by atoms with Crippen LogP contribution in [-0.2, 0) is 22.6 Å². The number of carbonyl (C=O) groups excluding carboxylic acids is 1. The van der Waals surface area contributed by atoms with E-state index in [9.17, 15) is 9.90 Å². The van der Waals surface area contributed by atoms with Crippen LogP contribution in [0.25, 0.3) is 11.1 Å². The van der Waals surface area contributed by atoms with E-state index < -0.39 is 6.29 Å². The van der Waals surface area contributed by atoms with E-state index in [1.54, 1.807) is 0 Å². The van der Waals surface area contributed by atoms with Gasteiger partial charge in [-0.1, -0.05) is 67.6 Å². The maximum Gasteiger partial charge on any atom is 0.315 e. The number of urea groups is 1. The number of likely N-dealkylation sites (tertiary alicyclic amines) is 2. The minimum atomic E-state index is -0.508. The van der Waals surface area contributed by atoms with Crippen molar-refractivity contribution in [1.82, 2.24) is 20.4 Å². The van der Waals surface area contributed by atoms with Crippen molar-refractivity contribution in [3.05, 3.63) is 95.1 Å². The number of hydrogen-bond acceptors (Lipinski definition) is 6. The Balaban J connectivity index is 1.23. The molecule has 0 unspecified atom stereocenters. The summed E-state index contributed by atoms with van der Waals surface area (Å²) < 4.78 is 13.7. The van der Waals surface area contributed by atoms with Crippen LogP contribution < -0.4 is 10.6 Å². The number of rotatable bonds is 11. The van der Waals surface area contributed by atoms with Gasteiger partial charge in [-0.25, -0.2) is 4.79 Å². The van der Waals surface area contributed by atoms with Crippen molar-refractivity contribution < 1.29 is 19.4 Å². The Morgan fingerprint density at radius 1 is 0.848 bits per heavy atom. The molecule has 8 nitrogen and oxygen atoms in total. The third kappa shape index (κ3) is 7.99. The first-order valence-electron chi connectivity index (χ1n) is 17.2. The second-order valence-corrected chi connectivity index (χ2v) is 13.2. The highest BCUT2D eigenvalue weighted by atomic mass is 16.7. The normalized spacial score (nSPS) is 25.5. The first-order chi connectivity index (χ1) is 22.5. The van der Waals surface area contributed by atoms with E-state index in [1.165, 1.54) is 38.8 Å². The van der Waals surface area contributed by atoms with Crippen molar-refractivity contribution in [2.45, 2.75) is 77.2 Å². The summed E-state index contributed by atoms with van der Waals surface area (Å²) in [5, 5.41) is 15.3. The number of nitrogens with zero attached hydrogens (tertiary/aromatic N) is 2. The fourth-order valence-corrected chi connectivity index (χ4v) is 7.30. The SMILES string of the molecule is CCNC(=O)NCc1cccc(-c2cccc([C@@H]3O[C@H](CN4CCC[C@H]4CN4CCCC4)[C@H](C)[C@H](c4ccc(CO)cc4)O3)c2)c1. The molecule has 8 heteroatoms. The van der Waals surface area contributed by atoms with E-state index in [0.29, 0.717) is 19.1 Å². The first-order valence-corrected chi connectivity index (χ1v) is 17.2. The lowest BCUT2D eigenvalue weighted by atomic mass is 9.89. The molecule has 3 saturated heterocycles. The number of carbonyl (C=O) groups is 1. The molecule has 3 aliphatic rings. The Hall–Kier alpha value is -3.27. The quantitative estimate of drug-likeness (QED) is 0.242. The lowest BCUT2D eigenvalue weighted by molar-refractivity contribution is -0.276. The lowest BCUT2D eigenvalue weighted by Gasteiger charge is -2.43. The summed E-state index contributed by atoms with van der Waals surface area (Å²) in [6.45, 7) is 10.9. The molecule has 5 atom stereocenters. The standard InChI is InChI=1S/C38H50N4O4/c1-3-39-38(44)40-23-29-9-6-10-31(21-29)32-11-7-12-33(22-32)37-45-35(25-42-20-8-13-34(42)24-41-18-4-5-19-41)27(2)36(46-37)30-16-14-28(26-43)15-17-30/h6-7,9-12,14-17,21-22,27,34-37,43H,3-5,8,13,18-20,23-26H2,1-2H3,(H2,39,40,44)/t27-,34-,35+,36+,37+/m0/s1. The Morgan fingerprint density at radius 3 is 2.37 bits per heavy atom. The molecule has 0 radical (unpaired) electrons. The van der Waals surface area contributed by atoms with Gasteiger partial charge in [-0.05, 0) is 92.2 Å². The van der Waals surface area contributed by atoms with E-state index in [1.807, 2.05) is 31.2 Å². The van der Waals surface area contributed by atoms with Gasteiger partial charge in [0.25, 0.3) is 0 Å². The summed E-state index contributed by atoms with van der Waals surface area (Å²) in [5.41, 5.74) is 6.20. The topological polar surface area (TPSA) is 86.3 Å². The molecule has 0 saturated carbocycles. The largest absolute Gasteiger partial charge is 0.392 e. The number of amides is 2. The Labute approximate surface area is 274 Å². The second kappa shape index (κ2) is 15.5. The van der Waals surface area contributed by atoms with Crippen LogP contribution >= 0.6 is 0 Å². The summed E-state index contributed by atoms with van der Waals surface area (Å²) in [5.74, 6) is 0.154. The molecule has 3 aliphatic heterocycles. The van der Waals surface area contributed by atoms with Crippen molar-refractivity contribution in [3.63, 3.8) is 0 Å². The number of ether oxygens (including phenoxy) is 2. The summed E-state index contributed by atoms with van der Waals surface area (Å²) >= 11 is 0. The van der Waals surface area contributed by atoms with Crippen molar-refractivity contribution >= 4 is 6.03 Å². The Morgan fingerprint density at radius 2 is 1.61 bits per heavy atom. The van der Waals surface area contributed by atoms with E-state index in [-0.39, 0.29) is 30.8 Å². The smallest absolute Gasteiger partial charge is 0.315 e. The molecular formula is C38H50N4O4. The molecule has 3 aromatic rings. The minimum Gasteiger partial charge on any atom is -0.392 e. The highest BCUT2D eigenvalue weighted by Crippen LogP contribution is 2.43. The molecule has 3 heterocycles. The molecule has 3 aromatic carbocycles. The minimum absolute atomic E-state index is 0.00720. The van der Waals surface area contributed by atoms with E-state index in [2.05, 4.69) is 75.9 Å². The number of benzene rings is 3. The molecule has 3 N–H and O–H groups in total. The summed E-state index contributed by atoms with van der Waals surface area (Å²) in [4.78, 5) is 17.3. The van der Waals surface area contributed by atoms with Gasteiger partial charge < -0.3 is 30.1 Å². The van der Waals surface area contributed by atoms with Gasteiger partial charge in [0.15, 0.2) is 6.29 Å². The van der Waals surface area contributed by atoms with Crippen LogP contribution in [0.5, 0.6) is 0 Å². The molecule has 0 aromatic heterocycles. The fraction of sp³-hybridized carbons (Fsp3) is 0.500. The van der Waals surface area contributed by atoms with Crippen LogP contribution in [0.2, 0.25) is 0 Å².